The fourth-order valence-corrected chi connectivity index (χ4v) is 42.8. The zero-order valence-corrected chi connectivity index (χ0v) is 40.3. The number of ether oxygens (including phenoxy) is 2. The van der Waals surface area contributed by atoms with Gasteiger partial charge in [0.25, 0.3) is 0 Å². The summed E-state index contributed by atoms with van der Waals surface area (Å²) in [5.74, 6) is 2.05. The van der Waals surface area contributed by atoms with Crippen LogP contribution in [-0.4, -0.2) is 79.7 Å². The number of benzene rings is 3. The Labute approximate surface area is 333 Å². The number of methoxy groups -OCH3 is 2. The molecule has 0 amide bonds. The number of para-hydroxylation sites is 2. The second kappa shape index (κ2) is 16.6. The number of nitrogens with zero attached hydrogens (tertiary/aromatic N) is 1. The van der Waals surface area contributed by atoms with E-state index in [0.717, 1.165) is 52.8 Å². The Balaban J connectivity index is 1.43. The first-order valence-corrected chi connectivity index (χ1v) is 33.8. The quantitative estimate of drug-likeness (QED) is 0.126. The van der Waals surface area contributed by atoms with Crippen LogP contribution in [0, 0.1) is 0 Å². The Morgan fingerprint density at radius 2 is 1.21 bits per heavy atom. The number of hydrogen-bond donors (Lipinski definition) is 0. The van der Waals surface area contributed by atoms with Gasteiger partial charge in [-0.1, -0.05) is 0 Å². The maximum atomic E-state index is 6.21. The topological polar surface area (TPSA) is 21.7 Å². The van der Waals surface area contributed by atoms with Crippen molar-refractivity contribution in [2.24, 2.45) is 0 Å². The van der Waals surface area contributed by atoms with E-state index in [1.807, 2.05) is 24.8 Å². The second-order valence-electron chi connectivity index (χ2n) is 17.8. The Bertz CT molecular complexity index is 1630. The van der Waals surface area contributed by atoms with E-state index in [-0.39, 0.29) is 0 Å². The molecular formula is C44H72INO2P4. The summed E-state index contributed by atoms with van der Waals surface area (Å²) < 4.78 is 15.6. The van der Waals surface area contributed by atoms with Gasteiger partial charge in [0.15, 0.2) is 0 Å². The third-order valence-corrected chi connectivity index (χ3v) is 46.2. The van der Waals surface area contributed by atoms with Crippen LogP contribution in [0.5, 0.6) is 11.5 Å². The molecule has 3 aliphatic rings. The fourth-order valence-electron chi connectivity index (χ4n) is 11.6. The Morgan fingerprint density at radius 1 is 0.712 bits per heavy atom. The zero-order valence-electron chi connectivity index (χ0n) is 34.2. The van der Waals surface area contributed by atoms with Crippen molar-refractivity contribution in [1.82, 2.24) is 4.44 Å². The van der Waals surface area contributed by atoms with Gasteiger partial charge in [-0.15, -0.1) is 0 Å². The molecule has 3 fully saturated rings. The maximum absolute atomic E-state index is 6.21. The van der Waals surface area contributed by atoms with Crippen molar-refractivity contribution in [3.8, 4) is 11.5 Å². The van der Waals surface area contributed by atoms with Gasteiger partial charge in [0.05, 0.1) is 0 Å². The molecule has 0 bridgehead atoms. The second-order valence-corrected chi connectivity index (χ2v) is 40.5. The van der Waals surface area contributed by atoms with E-state index in [9.17, 15) is 0 Å². The molecule has 3 aromatic rings. The van der Waals surface area contributed by atoms with E-state index in [4.69, 9.17) is 9.47 Å². The zero-order chi connectivity index (χ0) is 37.5. The molecule has 6 rings (SSSR count). The van der Waals surface area contributed by atoms with Crippen LogP contribution in [0.15, 0.2) is 66.7 Å². The number of hydrogen-bond acceptors (Lipinski definition) is 3. The van der Waals surface area contributed by atoms with Crippen molar-refractivity contribution >= 4 is 70.3 Å². The molecule has 0 spiro atoms. The van der Waals surface area contributed by atoms with Crippen LogP contribution in [0.25, 0.3) is 0 Å². The Hall–Kier alpha value is -0.330. The van der Waals surface area contributed by atoms with E-state index >= 15 is 0 Å². The van der Waals surface area contributed by atoms with E-state index in [1.165, 1.54) is 68.1 Å². The van der Waals surface area contributed by atoms with Crippen molar-refractivity contribution in [2.45, 2.75) is 121 Å². The number of halogens is 1. The van der Waals surface area contributed by atoms with Gasteiger partial charge in [-0.2, -0.15) is 0 Å². The summed E-state index contributed by atoms with van der Waals surface area (Å²) in [6.07, 6.45) is 13.4. The van der Waals surface area contributed by atoms with Crippen molar-refractivity contribution in [3.63, 3.8) is 0 Å². The number of rotatable bonds is 13. The van der Waals surface area contributed by atoms with Crippen molar-refractivity contribution < 1.29 is 9.47 Å². The molecule has 3 nitrogen and oxygen atoms in total. The summed E-state index contributed by atoms with van der Waals surface area (Å²) in [7, 11) is -1.43. The van der Waals surface area contributed by atoms with Gasteiger partial charge in [-0.05, 0) is 0 Å². The molecule has 8 heteroatoms. The summed E-state index contributed by atoms with van der Waals surface area (Å²) in [6, 6.07) is 26.0. The first-order chi connectivity index (χ1) is 24.8. The molecule has 3 heterocycles. The van der Waals surface area contributed by atoms with Gasteiger partial charge in [-0.3, -0.25) is 0 Å². The third kappa shape index (κ3) is 7.00. The SMILES string of the molecule is CC[C@@H]1CCC[PH]1(C)N(CCCc1ccc([PH]2(C)[C@@H](C)CC[C@@H]2C)c([PH]2(C)[C@@H](C)CC[C@@H]2C)c1)[PH](I)(c1ccccc1OC)c1ccccc1OC. The first kappa shape index (κ1) is 41.3. The van der Waals surface area contributed by atoms with Gasteiger partial charge in [0.2, 0.25) is 0 Å². The molecule has 0 aromatic heterocycles. The molecule has 0 saturated carbocycles. The average Bonchev–Trinajstić information content (AvgIpc) is 3.77. The third-order valence-electron chi connectivity index (χ3n) is 15.8. The van der Waals surface area contributed by atoms with Crippen LogP contribution >= 0.6 is 49.0 Å². The van der Waals surface area contributed by atoms with Crippen LogP contribution in [0.4, 0.5) is 0 Å². The Kier molecular flexibility index (Phi) is 13.2. The molecule has 3 aliphatic heterocycles. The van der Waals surface area contributed by atoms with Crippen LogP contribution < -0.4 is 30.7 Å². The minimum atomic E-state index is -2.58. The van der Waals surface area contributed by atoms with Crippen molar-refractivity contribution in [2.75, 3.05) is 46.9 Å². The fraction of sp³-hybridized carbons (Fsp3) is 0.591. The van der Waals surface area contributed by atoms with E-state index in [1.54, 1.807) is 5.56 Å². The van der Waals surface area contributed by atoms with Gasteiger partial charge in [-0.25, -0.2) is 0 Å². The first-order valence-electron chi connectivity index (χ1n) is 20.7. The normalized spacial score (nSPS) is 28.7. The summed E-state index contributed by atoms with van der Waals surface area (Å²) in [6.45, 7) is 22.3. The van der Waals surface area contributed by atoms with Crippen molar-refractivity contribution in [3.05, 3.63) is 72.3 Å². The summed E-state index contributed by atoms with van der Waals surface area (Å²) in [5.41, 5.74) is 5.88. The molecule has 292 valence electrons. The predicted octanol–water partition coefficient (Wildman–Crippen LogP) is 10.6. The molecule has 0 aliphatic carbocycles. The molecule has 5 atom stereocenters. The van der Waals surface area contributed by atoms with Crippen LogP contribution in [0.2, 0.25) is 0 Å². The van der Waals surface area contributed by atoms with E-state index in [0.29, 0.717) is 0 Å². The molecule has 52 heavy (non-hydrogen) atoms. The molecule has 0 N–H and O–H groups in total. The standard InChI is InChI=1S/C44H72INO2P4/c1-11-38-19-17-31-49(38,8)46(52(45,41-22-14-12-20-39(41)47-6)42-23-15-13-21-40(42)48-7)30-16-18-37-28-29-43(50(9)33(2)24-25-34(50)3)44(32-37)51(10)35(4)26-27-36(51)5/h12-15,20-23,28-29,32-36,38,49-52H,11,16-19,24-27,30-31H2,1-10H3/t33-,34-,35-,36-,38+/m0/s1. The summed E-state index contributed by atoms with van der Waals surface area (Å²) in [5, 5.41) is 3.93. The summed E-state index contributed by atoms with van der Waals surface area (Å²) in [4.78, 5) is 0. The molecule has 0 unspecified atom stereocenters. The molecule has 3 saturated heterocycles. The average molecular weight is 898 g/mol. The van der Waals surface area contributed by atoms with E-state index in [2.05, 4.69) is 148 Å². The van der Waals surface area contributed by atoms with Crippen LogP contribution in [0.3, 0.4) is 0 Å². The van der Waals surface area contributed by atoms with E-state index < -0.39 is 27.0 Å². The molecular weight excluding hydrogens is 825 g/mol. The Morgan fingerprint density at radius 3 is 1.71 bits per heavy atom. The monoisotopic (exact) mass is 897 g/mol. The van der Waals surface area contributed by atoms with Crippen molar-refractivity contribution in [1.29, 1.82) is 0 Å². The summed E-state index contributed by atoms with van der Waals surface area (Å²) >= 11 is 2.96. The van der Waals surface area contributed by atoms with Gasteiger partial charge in [0, 0.05) is 0 Å². The minimum absolute atomic E-state index is 0.807. The van der Waals surface area contributed by atoms with Gasteiger partial charge < -0.3 is 0 Å². The molecule has 0 radical (unpaired) electrons. The molecule has 3 aromatic carbocycles. The number of aryl methyl sites for hydroxylation is 1. The van der Waals surface area contributed by atoms with Crippen LogP contribution in [-0.2, 0) is 6.42 Å². The van der Waals surface area contributed by atoms with Gasteiger partial charge >= 0.3 is 336 Å². The van der Waals surface area contributed by atoms with Gasteiger partial charge in [0.1, 0.15) is 0 Å². The van der Waals surface area contributed by atoms with Crippen LogP contribution in [0.1, 0.15) is 91.5 Å². The predicted molar refractivity (Wildman–Crippen MR) is 256 cm³/mol.